The van der Waals surface area contributed by atoms with Crippen molar-refractivity contribution >= 4 is 29.7 Å². The quantitative estimate of drug-likeness (QED) is 0.173. The number of ether oxygens (including phenoxy) is 2. The number of pyridine rings is 1. The number of aldehydes is 1. The lowest BCUT2D eigenvalue weighted by molar-refractivity contribution is -0.105. The summed E-state index contributed by atoms with van der Waals surface area (Å²) >= 11 is 1.44. The van der Waals surface area contributed by atoms with Crippen molar-refractivity contribution in [2.75, 3.05) is 30.9 Å². The molecule has 0 bridgehead atoms. The Balaban J connectivity index is 1.65. The summed E-state index contributed by atoms with van der Waals surface area (Å²) in [5.41, 5.74) is 3.07. The highest BCUT2D eigenvalue weighted by atomic mass is 32.2. The molecule has 3 rings (SSSR count). The van der Waals surface area contributed by atoms with E-state index >= 15 is 0 Å². The molecule has 0 spiro atoms. The van der Waals surface area contributed by atoms with Gasteiger partial charge in [-0.3, -0.25) is 4.98 Å². The van der Waals surface area contributed by atoms with Crippen LogP contribution in [0.4, 0.5) is 10.1 Å². The molecular weight excluding hydrogens is 443 g/mol. The summed E-state index contributed by atoms with van der Waals surface area (Å²) in [7, 11) is 1.90. The first kappa shape index (κ1) is 24.3. The predicted octanol–water partition coefficient (Wildman–Crippen LogP) is 4.83. The molecule has 0 aliphatic heterocycles. The molecule has 0 N–H and O–H groups in total. The average molecular weight is 469 g/mol. The zero-order chi connectivity index (χ0) is 23.6. The van der Waals surface area contributed by atoms with E-state index in [0.717, 1.165) is 23.1 Å². The molecule has 0 saturated carbocycles. The van der Waals surface area contributed by atoms with Gasteiger partial charge in [-0.15, -0.1) is 11.8 Å². The summed E-state index contributed by atoms with van der Waals surface area (Å²) in [6, 6.07) is 15.1. The van der Waals surface area contributed by atoms with Gasteiger partial charge in [-0.2, -0.15) is 0 Å². The van der Waals surface area contributed by atoms with E-state index < -0.39 is 5.97 Å². The number of aromatic nitrogens is 1. The molecule has 1 heterocycles. The van der Waals surface area contributed by atoms with Crippen LogP contribution in [0.1, 0.15) is 26.9 Å². The lowest BCUT2D eigenvalue weighted by atomic mass is 10.1. The largest absolute Gasteiger partial charge is 0.488 e. The summed E-state index contributed by atoms with van der Waals surface area (Å²) in [6.45, 7) is 2.24. The number of halogens is 1. The minimum absolute atomic E-state index is 0.114. The molecule has 0 radical (unpaired) electrons. The highest BCUT2D eigenvalue weighted by Gasteiger charge is 2.20. The fourth-order valence-corrected chi connectivity index (χ4v) is 4.25. The van der Waals surface area contributed by atoms with Crippen LogP contribution in [0.2, 0.25) is 0 Å². The van der Waals surface area contributed by atoms with Crippen molar-refractivity contribution in [2.45, 2.75) is 12.3 Å². The van der Waals surface area contributed by atoms with Crippen LogP contribution in [0, 0.1) is 12.7 Å². The summed E-state index contributed by atoms with van der Waals surface area (Å²) in [5.74, 6) is 0.162. The van der Waals surface area contributed by atoms with Crippen molar-refractivity contribution in [1.82, 2.24) is 4.98 Å². The number of thioether (sulfide) groups is 1. The lowest BCUT2D eigenvalue weighted by Gasteiger charge is -2.31. The van der Waals surface area contributed by atoms with E-state index in [1.807, 2.05) is 24.9 Å². The number of nitrogens with zero attached hydrogens (tertiary/aromatic N) is 2. The zero-order valence-electron chi connectivity index (χ0n) is 18.4. The van der Waals surface area contributed by atoms with Gasteiger partial charge in [0, 0.05) is 18.9 Å². The van der Waals surface area contributed by atoms with Crippen LogP contribution < -0.4 is 9.64 Å². The maximum absolute atomic E-state index is 13.4. The fraction of sp³-hybridized carbons (Fsp3) is 0.240. The van der Waals surface area contributed by atoms with E-state index in [1.54, 1.807) is 48.8 Å². The average Bonchev–Trinajstić information content (AvgIpc) is 2.83. The third-order valence-corrected chi connectivity index (χ3v) is 6.09. The van der Waals surface area contributed by atoms with Crippen LogP contribution in [0.5, 0.6) is 5.75 Å². The molecule has 0 saturated heterocycles. The number of esters is 1. The first-order valence-corrected chi connectivity index (χ1v) is 11.4. The van der Waals surface area contributed by atoms with Crippen LogP contribution in [0.15, 0.2) is 67.0 Å². The zero-order valence-corrected chi connectivity index (χ0v) is 19.3. The van der Waals surface area contributed by atoms with Gasteiger partial charge in [-0.25, -0.2) is 9.18 Å². The van der Waals surface area contributed by atoms with Crippen molar-refractivity contribution < 1.29 is 23.5 Å². The van der Waals surface area contributed by atoms with Crippen LogP contribution in [-0.4, -0.2) is 43.3 Å². The first-order chi connectivity index (χ1) is 16.0. The number of aryl methyl sites for hydroxylation is 1. The SMILES string of the molecule is Cc1cc(C(=O)OCCOc2cccnc2)ccc1N(C)C(SCC=O)c1ccc(F)cc1. The third-order valence-electron chi connectivity index (χ3n) is 4.86. The minimum Gasteiger partial charge on any atom is -0.488 e. The van der Waals surface area contributed by atoms with E-state index in [-0.39, 0.29) is 24.4 Å². The summed E-state index contributed by atoms with van der Waals surface area (Å²) in [6.07, 6.45) is 4.09. The molecular formula is C25H25FN2O4S. The second-order valence-corrected chi connectivity index (χ2v) is 8.30. The summed E-state index contributed by atoms with van der Waals surface area (Å²) < 4.78 is 24.2. The second-order valence-electron chi connectivity index (χ2n) is 7.19. The maximum atomic E-state index is 13.4. The Morgan fingerprint density at radius 2 is 1.97 bits per heavy atom. The van der Waals surface area contributed by atoms with Crippen LogP contribution in [0.25, 0.3) is 0 Å². The van der Waals surface area contributed by atoms with Crippen molar-refractivity contribution in [1.29, 1.82) is 0 Å². The Hall–Kier alpha value is -3.39. The van der Waals surface area contributed by atoms with Gasteiger partial charge in [-0.1, -0.05) is 12.1 Å². The molecule has 3 aromatic rings. The van der Waals surface area contributed by atoms with E-state index in [9.17, 15) is 14.0 Å². The van der Waals surface area contributed by atoms with Gasteiger partial charge in [0.05, 0.1) is 17.5 Å². The van der Waals surface area contributed by atoms with Crippen molar-refractivity contribution in [3.8, 4) is 5.75 Å². The molecule has 1 aromatic heterocycles. The fourth-order valence-electron chi connectivity index (χ4n) is 3.30. The van der Waals surface area contributed by atoms with Gasteiger partial charge < -0.3 is 19.2 Å². The number of hydrogen-bond acceptors (Lipinski definition) is 7. The number of benzene rings is 2. The number of carbonyl (C=O) groups excluding carboxylic acids is 2. The van der Waals surface area contributed by atoms with Crippen LogP contribution in [0.3, 0.4) is 0 Å². The number of rotatable bonds is 11. The molecule has 0 amide bonds. The third kappa shape index (κ3) is 6.79. The molecule has 6 nitrogen and oxygen atoms in total. The first-order valence-electron chi connectivity index (χ1n) is 10.3. The van der Waals surface area contributed by atoms with Gasteiger partial charge in [0.1, 0.15) is 36.4 Å². The highest BCUT2D eigenvalue weighted by molar-refractivity contribution is 8.00. The number of carbonyl (C=O) groups is 2. The summed E-state index contributed by atoms with van der Waals surface area (Å²) in [4.78, 5) is 29.4. The molecule has 1 unspecified atom stereocenters. The smallest absolute Gasteiger partial charge is 0.338 e. The van der Waals surface area contributed by atoms with Crippen LogP contribution in [-0.2, 0) is 9.53 Å². The molecule has 33 heavy (non-hydrogen) atoms. The molecule has 0 aliphatic carbocycles. The Morgan fingerprint density at radius 3 is 2.64 bits per heavy atom. The highest BCUT2D eigenvalue weighted by Crippen LogP contribution is 2.36. The summed E-state index contributed by atoms with van der Waals surface area (Å²) in [5, 5.41) is -0.197. The molecule has 2 aromatic carbocycles. The van der Waals surface area contributed by atoms with Gasteiger partial charge in [-0.05, 0) is 60.5 Å². The van der Waals surface area contributed by atoms with Crippen LogP contribution >= 0.6 is 11.8 Å². The van der Waals surface area contributed by atoms with E-state index in [4.69, 9.17) is 9.47 Å². The standard InChI is InChI=1S/C25H25FN2O4S/c1-18-16-20(25(30)32-14-13-31-22-4-3-11-27-17-22)7-10-23(18)28(2)24(33-15-12-29)19-5-8-21(26)9-6-19/h3-12,16-17,24H,13-15H2,1-2H3. The minimum atomic E-state index is -0.437. The Labute approximate surface area is 196 Å². The topological polar surface area (TPSA) is 68.7 Å². The molecule has 172 valence electrons. The van der Waals surface area contributed by atoms with Gasteiger partial charge in [0.25, 0.3) is 0 Å². The monoisotopic (exact) mass is 468 g/mol. The van der Waals surface area contributed by atoms with Crippen molar-refractivity contribution in [2.24, 2.45) is 0 Å². The normalized spacial score (nSPS) is 11.5. The molecule has 1 atom stereocenters. The second kappa shape index (κ2) is 12.0. The van der Waals surface area contributed by atoms with Crippen molar-refractivity contribution in [3.05, 3.63) is 89.5 Å². The maximum Gasteiger partial charge on any atom is 0.338 e. The number of hydrogen-bond donors (Lipinski definition) is 0. The Morgan fingerprint density at radius 1 is 1.18 bits per heavy atom. The van der Waals surface area contributed by atoms with Gasteiger partial charge in [0.15, 0.2) is 0 Å². The Bertz CT molecular complexity index is 1060. The Kier molecular flexibility index (Phi) is 8.83. The van der Waals surface area contributed by atoms with E-state index in [0.29, 0.717) is 17.1 Å². The molecule has 8 heteroatoms. The van der Waals surface area contributed by atoms with Crippen molar-refractivity contribution in [3.63, 3.8) is 0 Å². The van der Waals surface area contributed by atoms with E-state index in [1.165, 1.54) is 23.9 Å². The van der Waals surface area contributed by atoms with Gasteiger partial charge >= 0.3 is 5.97 Å². The number of anilines is 1. The van der Waals surface area contributed by atoms with E-state index in [2.05, 4.69) is 4.98 Å². The predicted molar refractivity (Wildman–Crippen MR) is 127 cm³/mol. The lowest BCUT2D eigenvalue weighted by Crippen LogP contribution is -2.23. The molecule has 0 aliphatic rings. The molecule has 0 fully saturated rings. The van der Waals surface area contributed by atoms with Gasteiger partial charge in [0.2, 0.25) is 0 Å².